The molecule has 0 radical (unpaired) electrons. The summed E-state index contributed by atoms with van der Waals surface area (Å²) in [5.41, 5.74) is 3.20. The first-order valence-electron chi connectivity index (χ1n) is 9.59. The minimum Gasteiger partial charge on any atom is -0.395 e. The first-order chi connectivity index (χ1) is 14.4. The molecule has 2 N–H and O–H groups in total. The van der Waals surface area contributed by atoms with Crippen molar-refractivity contribution in [2.75, 3.05) is 13.2 Å². The highest BCUT2D eigenvalue weighted by Gasteiger charge is 2.23. The van der Waals surface area contributed by atoms with Gasteiger partial charge in [0.1, 0.15) is 4.88 Å². The number of pyridine rings is 1. The van der Waals surface area contributed by atoms with Crippen LogP contribution in [0.5, 0.6) is 0 Å². The number of aryl methyl sites for hydroxylation is 2. The van der Waals surface area contributed by atoms with E-state index in [0.717, 1.165) is 32.1 Å². The fourth-order valence-corrected chi connectivity index (χ4v) is 4.99. The second kappa shape index (κ2) is 8.22. The van der Waals surface area contributed by atoms with Crippen molar-refractivity contribution in [3.8, 4) is 0 Å². The lowest BCUT2D eigenvalue weighted by atomic mass is 10.0. The van der Waals surface area contributed by atoms with E-state index in [-0.39, 0.29) is 31.2 Å². The highest BCUT2D eigenvalue weighted by Crippen LogP contribution is 2.36. The number of hydrogen-bond donors (Lipinski definition) is 2. The summed E-state index contributed by atoms with van der Waals surface area (Å²) >= 11 is 7.79. The molecule has 4 aromatic rings. The van der Waals surface area contributed by atoms with Gasteiger partial charge in [-0.2, -0.15) is 0 Å². The van der Waals surface area contributed by atoms with Crippen LogP contribution in [0.15, 0.2) is 47.3 Å². The zero-order valence-electron chi connectivity index (χ0n) is 16.7. The number of fused-ring (bicyclic) bond motifs is 2. The van der Waals surface area contributed by atoms with Crippen LogP contribution in [-0.4, -0.2) is 34.0 Å². The average molecular weight is 441 g/mol. The van der Waals surface area contributed by atoms with E-state index in [1.54, 1.807) is 0 Å². The van der Waals surface area contributed by atoms with Gasteiger partial charge in [-0.15, -0.1) is 11.3 Å². The Morgan fingerprint density at radius 2 is 1.90 bits per heavy atom. The summed E-state index contributed by atoms with van der Waals surface area (Å²) in [7, 11) is 0. The molecule has 0 bridgehead atoms. The number of aliphatic hydroxyl groups excluding tert-OH is 1. The van der Waals surface area contributed by atoms with E-state index >= 15 is 0 Å². The third-order valence-electron chi connectivity index (χ3n) is 5.28. The Labute approximate surface area is 182 Å². The van der Waals surface area contributed by atoms with Gasteiger partial charge in [-0.25, -0.2) is 0 Å². The maximum atomic E-state index is 13.2. The average Bonchev–Trinajstić information content (AvgIpc) is 3.06. The Morgan fingerprint density at radius 3 is 2.63 bits per heavy atom. The van der Waals surface area contributed by atoms with Crippen LogP contribution in [0.1, 0.15) is 26.4 Å². The molecule has 0 fully saturated rings. The van der Waals surface area contributed by atoms with Crippen LogP contribution in [0.25, 0.3) is 21.0 Å². The number of halogens is 1. The molecule has 0 saturated carbocycles. The predicted octanol–water partition coefficient (Wildman–Crippen LogP) is 4.65. The maximum Gasteiger partial charge on any atom is 0.265 e. The van der Waals surface area contributed by atoms with Gasteiger partial charge in [0.2, 0.25) is 0 Å². The number of nitrogens with one attached hydrogen (secondary N) is 1. The number of rotatable bonds is 5. The number of hydrogen-bond acceptors (Lipinski definition) is 4. The lowest BCUT2D eigenvalue weighted by Gasteiger charge is -2.21. The van der Waals surface area contributed by atoms with Crippen molar-refractivity contribution in [1.29, 1.82) is 0 Å². The minimum atomic E-state index is -0.296. The van der Waals surface area contributed by atoms with E-state index in [9.17, 15) is 14.7 Å². The molecule has 2 aromatic carbocycles. The summed E-state index contributed by atoms with van der Waals surface area (Å²) < 4.78 is 0.921. The predicted molar refractivity (Wildman–Crippen MR) is 123 cm³/mol. The summed E-state index contributed by atoms with van der Waals surface area (Å²) in [5.74, 6) is -0.296. The van der Waals surface area contributed by atoms with Crippen LogP contribution >= 0.6 is 22.9 Å². The maximum absolute atomic E-state index is 13.2. The van der Waals surface area contributed by atoms with Gasteiger partial charge in [0.05, 0.1) is 18.2 Å². The van der Waals surface area contributed by atoms with Crippen LogP contribution in [0.3, 0.4) is 0 Å². The van der Waals surface area contributed by atoms with E-state index in [1.165, 1.54) is 16.2 Å². The van der Waals surface area contributed by atoms with Crippen LogP contribution < -0.4 is 5.56 Å². The van der Waals surface area contributed by atoms with E-state index in [4.69, 9.17) is 11.6 Å². The van der Waals surface area contributed by atoms with Gasteiger partial charge in [0.25, 0.3) is 11.5 Å². The molecule has 0 atom stereocenters. The smallest absolute Gasteiger partial charge is 0.265 e. The Bertz CT molecular complexity index is 1330. The third-order valence-corrected chi connectivity index (χ3v) is 6.95. The molecule has 154 valence electrons. The molecule has 0 saturated heterocycles. The molecule has 0 aliphatic heterocycles. The molecular weight excluding hydrogens is 420 g/mol. The van der Waals surface area contributed by atoms with Gasteiger partial charge >= 0.3 is 0 Å². The highest BCUT2D eigenvalue weighted by atomic mass is 35.5. The number of aromatic amines is 1. The number of aromatic nitrogens is 1. The quantitative estimate of drug-likeness (QED) is 0.474. The fourth-order valence-electron chi connectivity index (χ4n) is 3.51. The molecule has 0 unspecified atom stereocenters. The van der Waals surface area contributed by atoms with Gasteiger partial charge in [-0.1, -0.05) is 29.8 Å². The largest absolute Gasteiger partial charge is 0.395 e. The Kier molecular flexibility index (Phi) is 5.64. The van der Waals surface area contributed by atoms with Gasteiger partial charge in [-0.05, 0) is 54.6 Å². The van der Waals surface area contributed by atoms with Crippen molar-refractivity contribution in [2.45, 2.75) is 20.4 Å². The van der Waals surface area contributed by atoms with Crippen LogP contribution in [0.2, 0.25) is 5.02 Å². The standard InChI is InChI=1S/C23H21ClN2O3S/c1-13-9-15-11-16(22(28)25-18(15)10-14(13)2)12-26(7-8-27)23(29)21-20(24)17-5-3-4-6-19(17)30-21/h3-6,9-11,27H,7-8,12H2,1-2H3,(H,25,28). The summed E-state index contributed by atoms with van der Waals surface area (Å²) in [6.07, 6.45) is 0. The molecule has 1 amide bonds. The summed E-state index contributed by atoms with van der Waals surface area (Å²) in [6, 6.07) is 13.3. The molecule has 2 aromatic heterocycles. The van der Waals surface area contributed by atoms with Crippen LogP contribution in [0.4, 0.5) is 0 Å². The second-order valence-electron chi connectivity index (χ2n) is 7.34. The molecule has 4 rings (SSSR count). The van der Waals surface area contributed by atoms with E-state index in [1.807, 2.05) is 56.3 Å². The number of aliphatic hydroxyl groups is 1. The zero-order valence-corrected chi connectivity index (χ0v) is 18.2. The number of benzene rings is 2. The lowest BCUT2D eigenvalue weighted by Crippen LogP contribution is -2.34. The number of carbonyl (C=O) groups excluding carboxylic acids is 1. The number of nitrogens with zero attached hydrogens (tertiary/aromatic N) is 1. The van der Waals surface area contributed by atoms with Crippen molar-refractivity contribution in [2.24, 2.45) is 0 Å². The monoisotopic (exact) mass is 440 g/mol. The molecule has 0 aliphatic rings. The van der Waals surface area contributed by atoms with Crippen LogP contribution in [0, 0.1) is 13.8 Å². The van der Waals surface area contributed by atoms with Gasteiger partial charge in [0, 0.05) is 27.7 Å². The van der Waals surface area contributed by atoms with Crippen molar-refractivity contribution in [1.82, 2.24) is 9.88 Å². The van der Waals surface area contributed by atoms with Gasteiger partial charge in [0.15, 0.2) is 0 Å². The number of amides is 1. The highest BCUT2D eigenvalue weighted by molar-refractivity contribution is 7.21. The zero-order chi connectivity index (χ0) is 21.4. The van der Waals surface area contributed by atoms with Gasteiger partial charge < -0.3 is 15.0 Å². The first-order valence-corrected chi connectivity index (χ1v) is 10.8. The van der Waals surface area contributed by atoms with Crippen molar-refractivity contribution in [3.05, 3.63) is 79.4 Å². The van der Waals surface area contributed by atoms with Crippen molar-refractivity contribution in [3.63, 3.8) is 0 Å². The number of thiophene rings is 1. The molecular formula is C23H21ClN2O3S. The molecule has 0 spiro atoms. The Hall–Kier alpha value is -2.67. The molecule has 30 heavy (non-hydrogen) atoms. The number of carbonyl (C=O) groups is 1. The normalized spacial score (nSPS) is 11.3. The van der Waals surface area contributed by atoms with Crippen molar-refractivity contribution >= 4 is 49.8 Å². The third kappa shape index (κ3) is 3.74. The molecule has 0 aliphatic carbocycles. The van der Waals surface area contributed by atoms with E-state index in [2.05, 4.69) is 4.98 Å². The SMILES string of the molecule is Cc1cc2cc(CN(CCO)C(=O)c3sc4ccccc4c3Cl)c(=O)[nH]c2cc1C. The number of H-pyrrole nitrogens is 1. The summed E-state index contributed by atoms with van der Waals surface area (Å²) in [5, 5.41) is 11.7. The summed E-state index contributed by atoms with van der Waals surface area (Å²) in [4.78, 5) is 30.7. The molecule has 7 heteroatoms. The fraction of sp³-hybridized carbons (Fsp3) is 0.217. The Morgan fingerprint density at radius 1 is 1.17 bits per heavy atom. The lowest BCUT2D eigenvalue weighted by molar-refractivity contribution is 0.0712. The van der Waals surface area contributed by atoms with Crippen LogP contribution in [-0.2, 0) is 6.54 Å². The second-order valence-corrected chi connectivity index (χ2v) is 8.77. The van der Waals surface area contributed by atoms with Crippen molar-refractivity contribution < 1.29 is 9.90 Å². The van der Waals surface area contributed by atoms with Gasteiger partial charge in [-0.3, -0.25) is 9.59 Å². The minimum absolute atomic E-state index is 0.0855. The summed E-state index contributed by atoms with van der Waals surface area (Å²) in [6.45, 7) is 4.00. The first kappa shape index (κ1) is 20.6. The molecule has 2 heterocycles. The Balaban J connectivity index is 1.72. The van der Waals surface area contributed by atoms with E-state index in [0.29, 0.717) is 15.5 Å². The molecule has 5 nitrogen and oxygen atoms in total. The topological polar surface area (TPSA) is 73.4 Å². The van der Waals surface area contributed by atoms with E-state index < -0.39 is 0 Å².